The average Bonchev–Trinajstić information content (AvgIpc) is 2.75. The van der Waals surface area contributed by atoms with Gasteiger partial charge < -0.3 is 9.84 Å². The fourth-order valence-corrected chi connectivity index (χ4v) is 1.61. The van der Waals surface area contributed by atoms with Gasteiger partial charge in [-0.05, 0) is 24.6 Å². The molecule has 1 N–H and O–H groups in total. The van der Waals surface area contributed by atoms with Gasteiger partial charge in [0.15, 0.2) is 0 Å². The van der Waals surface area contributed by atoms with Crippen molar-refractivity contribution in [1.82, 2.24) is 10.5 Å². The molecule has 88 valence electrons. The number of nitrogens with zero attached hydrogens (tertiary/aromatic N) is 1. The minimum Gasteiger partial charge on any atom is -0.351 e. The predicted molar refractivity (Wildman–Crippen MR) is 66.6 cm³/mol. The van der Waals surface area contributed by atoms with Crippen molar-refractivity contribution in [2.24, 2.45) is 0 Å². The summed E-state index contributed by atoms with van der Waals surface area (Å²) in [6.07, 6.45) is 0. The number of halogens is 1. The molecule has 4 nitrogen and oxygen atoms in total. The van der Waals surface area contributed by atoms with Crippen LogP contribution in [-0.4, -0.2) is 11.1 Å². The van der Waals surface area contributed by atoms with Gasteiger partial charge in [0.05, 0.1) is 5.69 Å². The highest BCUT2D eigenvalue weighted by molar-refractivity contribution is 9.10. The molecule has 0 saturated carbocycles. The minimum atomic E-state index is -0.256. The molecule has 1 heterocycles. The van der Waals surface area contributed by atoms with E-state index in [4.69, 9.17) is 4.52 Å². The molecule has 0 aliphatic rings. The molecule has 1 aromatic heterocycles. The van der Waals surface area contributed by atoms with Crippen LogP contribution in [0, 0.1) is 6.92 Å². The molecule has 1 amide bonds. The Labute approximate surface area is 107 Å². The molecular formula is C12H11BrN2O2. The molecule has 0 unspecified atom stereocenters. The first-order valence-corrected chi connectivity index (χ1v) is 5.90. The van der Waals surface area contributed by atoms with Crippen LogP contribution in [0.4, 0.5) is 0 Å². The second-order valence-electron chi connectivity index (χ2n) is 3.64. The van der Waals surface area contributed by atoms with Crippen molar-refractivity contribution in [2.75, 3.05) is 0 Å². The number of hydrogen-bond donors (Lipinski definition) is 1. The summed E-state index contributed by atoms with van der Waals surface area (Å²) in [5.41, 5.74) is 1.72. The number of aromatic nitrogens is 1. The largest absolute Gasteiger partial charge is 0.351 e. The molecule has 0 aliphatic carbocycles. The summed E-state index contributed by atoms with van der Waals surface area (Å²) in [4.78, 5) is 11.6. The number of rotatable bonds is 3. The van der Waals surface area contributed by atoms with Crippen LogP contribution in [0.5, 0.6) is 0 Å². The Kier molecular flexibility index (Phi) is 3.58. The zero-order chi connectivity index (χ0) is 12.3. The standard InChI is InChI=1S/C12H11BrN2O2/c1-8-6-11(17-15-8)12(16)14-7-9-2-4-10(13)5-3-9/h2-6H,7H2,1H3,(H,14,16). The highest BCUT2D eigenvalue weighted by Gasteiger charge is 2.10. The topological polar surface area (TPSA) is 55.1 Å². The first-order valence-electron chi connectivity index (χ1n) is 5.11. The van der Waals surface area contributed by atoms with Gasteiger partial charge >= 0.3 is 0 Å². The van der Waals surface area contributed by atoms with Crippen molar-refractivity contribution in [3.63, 3.8) is 0 Å². The zero-order valence-corrected chi connectivity index (χ0v) is 10.8. The Bertz CT molecular complexity index is 520. The maximum atomic E-state index is 11.6. The number of benzene rings is 1. The third kappa shape index (κ3) is 3.17. The second-order valence-corrected chi connectivity index (χ2v) is 4.56. The second kappa shape index (κ2) is 5.14. The Morgan fingerprint density at radius 3 is 2.71 bits per heavy atom. The van der Waals surface area contributed by atoms with E-state index in [1.54, 1.807) is 13.0 Å². The molecule has 0 fully saturated rings. The Morgan fingerprint density at radius 1 is 1.41 bits per heavy atom. The summed E-state index contributed by atoms with van der Waals surface area (Å²) in [6, 6.07) is 9.35. The third-order valence-corrected chi connectivity index (χ3v) is 2.75. The molecule has 0 atom stereocenters. The monoisotopic (exact) mass is 294 g/mol. The molecule has 2 aromatic rings. The lowest BCUT2D eigenvalue weighted by atomic mass is 10.2. The minimum absolute atomic E-state index is 0.236. The first kappa shape index (κ1) is 11.9. The maximum absolute atomic E-state index is 11.6. The number of nitrogens with one attached hydrogen (secondary N) is 1. The highest BCUT2D eigenvalue weighted by Crippen LogP contribution is 2.10. The summed E-state index contributed by atoms with van der Waals surface area (Å²) in [5.74, 6) is -0.0202. The fraction of sp³-hybridized carbons (Fsp3) is 0.167. The van der Waals surface area contributed by atoms with Crippen LogP contribution in [-0.2, 0) is 6.54 Å². The lowest BCUT2D eigenvalue weighted by Gasteiger charge is -2.02. The van der Waals surface area contributed by atoms with E-state index in [0.717, 1.165) is 10.0 Å². The molecule has 0 aliphatic heterocycles. The van der Waals surface area contributed by atoms with Gasteiger partial charge in [-0.1, -0.05) is 33.2 Å². The summed E-state index contributed by atoms with van der Waals surface area (Å²) < 4.78 is 5.88. The van der Waals surface area contributed by atoms with Crippen LogP contribution >= 0.6 is 15.9 Å². The van der Waals surface area contributed by atoms with Gasteiger partial charge in [-0.25, -0.2) is 0 Å². The predicted octanol–water partition coefficient (Wildman–Crippen LogP) is 2.68. The van der Waals surface area contributed by atoms with E-state index in [1.807, 2.05) is 24.3 Å². The van der Waals surface area contributed by atoms with Crippen molar-refractivity contribution in [3.8, 4) is 0 Å². The van der Waals surface area contributed by atoms with E-state index < -0.39 is 0 Å². The van der Waals surface area contributed by atoms with E-state index >= 15 is 0 Å². The van der Waals surface area contributed by atoms with E-state index in [0.29, 0.717) is 12.2 Å². The average molecular weight is 295 g/mol. The van der Waals surface area contributed by atoms with Gasteiger partial charge in [0.1, 0.15) is 0 Å². The zero-order valence-electron chi connectivity index (χ0n) is 9.24. The van der Waals surface area contributed by atoms with Gasteiger partial charge in [-0.3, -0.25) is 4.79 Å². The molecule has 1 aromatic carbocycles. The van der Waals surface area contributed by atoms with E-state index in [9.17, 15) is 4.79 Å². The van der Waals surface area contributed by atoms with Crippen LogP contribution in [0.2, 0.25) is 0 Å². The molecule has 2 rings (SSSR count). The first-order chi connectivity index (χ1) is 8.15. The summed E-state index contributed by atoms with van der Waals surface area (Å²) >= 11 is 3.35. The number of hydrogen-bond acceptors (Lipinski definition) is 3. The van der Waals surface area contributed by atoms with Crippen molar-refractivity contribution < 1.29 is 9.32 Å². The SMILES string of the molecule is Cc1cc(C(=O)NCc2ccc(Br)cc2)on1. The quantitative estimate of drug-likeness (QED) is 0.947. The normalized spacial score (nSPS) is 10.2. The number of amides is 1. The molecule has 0 bridgehead atoms. The van der Waals surface area contributed by atoms with Crippen molar-refractivity contribution in [3.05, 3.63) is 51.8 Å². The van der Waals surface area contributed by atoms with E-state index in [-0.39, 0.29) is 11.7 Å². The van der Waals surface area contributed by atoms with Crippen molar-refractivity contribution in [2.45, 2.75) is 13.5 Å². The lowest BCUT2D eigenvalue weighted by molar-refractivity contribution is 0.0914. The van der Waals surface area contributed by atoms with Crippen LogP contribution in [0.3, 0.4) is 0 Å². The van der Waals surface area contributed by atoms with Gasteiger partial charge in [-0.2, -0.15) is 0 Å². The molecule has 0 spiro atoms. The Hall–Kier alpha value is -1.62. The molecular weight excluding hydrogens is 284 g/mol. The van der Waals surface area contributed by atoms with Gasteiger partial charge in [0, 0.05) is 17.1 Å². The lowest BCUT2D eigenvalue weighted by Crippen LogP contribution is -2.22. The van der Waals surface area contributed by atoms with Crippen LogP contribution in [0.15, 0.2) is 39.3 Å². The number of carbonyl (C=O) groups is 1. The summed E-state index contributed by atoms with van der Waals surface area (Å²) in [6.45, 7) is 2.24. The van der Waals surface area contributed by atoms with E-state index in [2.05, 4.69) is 26.4 Å². The van der Waals surface area contributed by atoms with E-state index in [1.165, 1.54) is 0 Å². The van der Waals surface area contributed by atoms with Crippen LogP contribution in [0.25, 0.3) is 0 Å². The van der Waals surface area contributed by atoms with Crippen LogP contribution < -0.4 is 5.32 Å². The highest BCUT2D eigenvalue weighted by atomic mass is 79.9. The smallest absolute Gasteiger partial charge is 0.290 e. The van der Waals surface area contributed by atoms with Gasteiger partial charge in [-0.15, -0.1) is 0 Å². The van der Waals surface area contributed by atoms with Crippen molar-refractivity contribution in [1.29, 1.82) is 0 Å². The number of carbonyl (C=O) groups excluding carboxylic acids is 1. The molecule has 5 heteroatoms. The third-order valence-electron chi connectivity index (χ3n) is 2.22. The molecule has 17 heavy (non-hydrogen) atoms. The molecule has 0 radical (unpaired) electrons. The van der Waals surface area contributed by atoms with Crippen molar-refractivity contribution >= 4 is 21.8 Å². The van der Waals surface area contributed by atoms with Gasteiger partial charge in [0.2, 0.25) is 5.76 Å². The summed E-state index contributed by atoms with van der Waals surface area (Å²) in [7, 11) is 0. The van der Waals surface area contributed by atoms with Crippen LogP contribution in [0.1, 0.15) is 21.8 Å². The maximum Gasteiger partial charge on any atom is 0.290 e. The fourth-order valence-electron chi connectivity index (χ4n) is 1.34. The Morgan fingerprint density at radius 2 is 2.12 bits per heavy atom. The molecule has 0 saturated heterocycles. The Balaban J connectivity index is 1.94. The van der Waals surface area contributed by atoms with Gasteiger partial charge in [0.25, 0.3) is 5.91 Å². The summed E-state index contributed by atoms with van der Waals surface area (Å²) in [5, 5.41) is 6.42. The number of aryl methyl sites for hydroxylation is 1.